The summed E-state index contributed by atoms with van der Waals surface area (Å²) >= 11 is 5.79. The Labute approximate surface area is 90.4 Å². The van der Waals surface area contributed by atoms with Gasteiger partial charge in [0.25, 0.3) is 0 Å². The minimum atomic E-state index is -4.07. The lowest BCUT2D eigenvalue weighted by molar-refractivity contribution is 0.436. The van der Waals surface area contributed by atoms with Crippen LogP contribution in [-0.4, -0.2) is 14.3 Å². The average molecular weight is 249 g/mol. The second kappa shape index (κ2) is 3.01. The van der Waals surface area contributed by atoms with Crippen molar-refractivity contribution < 1.29 is 16.8 Å². The third-order valence-corrected chi connectivity index (χ3v) is 2.86. The highest BCUT2D eigenvalue weighted by Crippen LogP contribution is 2.43. The van der Waals surface area contributed by atoms with Gasteiger partial charge in [0.1, 0.15) is 5.84 Å². The summed E-state index contributed by atoms with van der Waals surface area (Å²) in [5.74, 6) is -0.426. The van der Waals surface area contributed by atoms with E-state index in [1.807, 2.05) is 0 Å². The predicted octanol–water partition coefficient (Wildman–Crippen LogP) is 0.640. The van der Waals surface area contributed by atoms with Crippen LogP contribution in [0.15, 0.2) is 12.1 Å². The molecule has 0 aromatic heterocycles. The van der Waals surface area contributed by atoms with E-state index in [2.05, 4.69) is 8.37 Å². The van der Waals surface area contributed by atoms with Gasteiger partial charge in [-0.15, -0.1) is 8.42 Å². The normalized spacial score (nSPS) is 16.3. The van der Waals surface area contributed by atoms with Gasteiger partial charge < -0.3 is 14.1 Å². The molecule has 1 aromatic rings. The Balaban J connectivity index is 2.63. The molecule has 8 heteroatoms. The van der Waals surface area contributed by atoms with E-state index in [-0.39, 0.29) is 27.9 Å². The van der Waals surface area contributed by atoms with Crippen molar-refractivity contribution in [3.63, 3.8) is 0 Å². The summed E-state index contributed by atoms with van der Waals surface area (Å²) in [5.41, 5.74) is 5.42. The molecule has 15 heavy (non-hydrogen) atoms. The van der Waals surface area contributed by atoms with Crippen LogP contribution in [0.1, 0.15) is 5.56 Å². The van der Waals surface area contributed by atoms with Gasteiger partial charge >= 0.3 is 10.4 Å². The van der Waals surface area contributed by atoms with Crippen molar-refractivity contribution in [3.8, 4) is 11.5 Å². The fraction of sp³-hybridized carbons (Fsp3) is 0. The first-order chi connectivity index (χ1) is 6.91. The first kappa shape index (κ1) is 10.1. The zero-order valence-corrected chi connectivity index (χ0v) is 8.72. The Morgan fingerprint density at radius 2 is 2.07 bits per heavy atom. The number of hydrogen-bond acceptors (Lipinski definition) is 5. The van der Waals surface area contributed by atoms with Crippen molar-refractivity contribution in [2.24, 2.45) is 5.73 Å². The SMILES string of the molecule is N=C(N)c1ccc2c(c1Cl)OS(=O)(=O)O2. The number of fused-ring (bicyclic) bond motifs is 1. The highest BCUT2D eigenvalue weighted by atomic mass is 35.5. The largest absolute Gasteiger partial charge is 0.501 e. The van der Waals surface area contributed by atoms with E-state index in [4.69, 9.17) is 22.7 Å². The lowest BCUT2D eigenvalue weighted by Gasteiger charge is -2.02. The van der Waals surface area contributed by atoms with Gasteiger partial charge in [0.15, 0.2) is 5.75 Å². The molecule has 1 aliphatic rings. The van der Waals surface area contributed by atoms with E-state index in [0.29, 0.717) is 0 Å². The summed E-state index contributed by atoms with van der Waals surface area (Å²) in [5, 5.41) is 7.13. The maximum Gasteiger partial charge on any atom is 0.501 e. The fourth-order valence-corrected chi connectivity index (χ4v) is 2.22. The highest BCUT2D eigenvalue weighted by Gasteiger charge is 2.32. The molecule has 0 saturated heterocycles. The smallest absolute Gasteiger partial charge is 0.384 e. The van der Waals surface area contributed by atoms with Crippen LogP contribution in [0.4, 0.5) is 0 Å². The number of benzene rings is 1. The maximum atomic E-state index is 10.9. The predicted molar refractivity (Wildman–Crippen MR) is 52.6 cm³/mol. The zero-order valence-electron chi connectivity index (χ0n) is 7.15. The van der Waals surface area contributed by atoms with Gasteiger partial charge in [-0.2, -0.15) is 0 Å². The van der Waals surface area contributed by atoms with E-state index < -0.39 is 10.4 Å². The van der Waals surface area contributed by atoms with Crippen LogP contribution in [0, 0.1) is 5.41 Å². The fourth-order valence-electron chi connectivity index (χ4n) is 1.12. The summed E-state index contributed by atoms with van der Waals surface area (Å²) in [7, 11) is -4.07. The minimum absolute atomic E-state index is 0.00926. The van der Waals surface area contributed by atoms with Crippen LogP contribution in [0.3, 0.4) is 0 Å². The summed E-state index contributed by atoms with van der Waals surface area (Å²) in [6.07, 6.45) is 0. The summed E-state index contributed by atoms with van der Waals surface area (Å²) in [4.78, 5) is 0. The highest BCUT2D eigenvalue weighted by molar-refractivity contribution is 7.82. The standard InChI is InChI=1S/C7H5ClN2O4S/c8-5-3(7(9)10)1-2-4-6(5)14-15(11,12)13-4/h1-2H,(H3,9,10). The molecule has 0 bridgehead atoms. The number of amidine groups is 1. The van der Waals surface area contributed by atoms with Gasteiger partial charge in [-0.25, -0.2) is 0 Å². The van der Waals surface area contributed by atoms with Crippen LogP contribution in [0.25, 0.3) is 0 Å². The van der Waals surface area contributed by atoms with Crippen molar-refractivity contribution in [1.82, 2.24) is 0 Å². The Kier molecular flexibility index (Phi) is 2.02. The van der Waals surface area contributed by atoms with E-state index in [9.17, 15) is 8.42 Å². The Hall–Kier alpha value is -1.47. The molecule has 0 atom stereocenters. The molecule has 0 unspecified atom stereocenters. The number of nitrogens with two attached hydrogens (primary N) is 1. The van der Waals surface area contributed by atoms with Crippen molar-refractivity contribution in [2.45, 2.75) is 0 Å². The summed E-state index contributed by atoms with van der Waals surface area (Å²) in [6, 6.07) is 2.70. The lowest BCUT2D eigenvalue weighted by Crippen LogP contribution is -2.11. The summed E-state index contributed by atoms with van der Waals surface area (Å²) < 4.78 is 30.8. The van der Waals surface area contributed by atoms with Crippen LogP contribution in [0.5, 0.6) is 11.5 Å². The molecular weight excluding hydrogens is 244 g/mol. The molecular formula is C7H5ClN2O4S. The summed E-state index contributed by atoms with van der Waals surface area (Å²) in [6.45, 7) is 0. The van der Waals surface area contributed by atoms with Crippen molar-refractivity contribution in [1.29, 1.82) is 5.41 Å². The number of hydrogen-bond donors (Lipinski definition) is 2. The van der Waals surface area contributed by atoms with Crippen LogP contribution in [-0.2, 0) is 10.4 Å². The molecule has 6 nitrogen and oxygen atoms in total. The number of halogens is 1. The maximum absolute atomic E-state index is 10.9. The number of nitrogen functional groups attached to an aromatic ring is 1. The first-order valence-electron chi connectivity index (χ1n) is 3.71. The Morgan fingerprint density at radius 1 is 1.40 bits per heavy atom. The van der Waals surface area contributed by atoms with E-state index >= 15 is 0 Å². The quantitative estimate of drug-likeness (QED) is 0.561. The third-order valence-electron chi connectivity index (χ3n) is 1.73. The van der Waals surface area contributed by atoms with Crippen molar-refractivity contribution in [2.75, 3.05) is 0 Å². The number of rotatable bonds is 1. The average Bonchev–Trinajstić information content (AvgIpc) is 2.40. The van der Waals surface area contributed by atoms with Gasteiger partial charge in [0.2, 0.25) is 5.75 Å². The van der Waals surface area contributed by atoms with Gasteiger partial charge in [0.05, 0.1) is 5.02 Å². The molecule has 0 fully saturated rings. The molecule has 0 amide bonds. The Bertz CT molecular complexity index is 554. The lowest BCUT2D eigenvalue weighted by atomic mass is 10.2. The molecule has 3 N–H and O–H groups in total. The number of nitrogens with one attached hydrogen (secondary N) is 1. The monoisotopic (exact) mass is 248 g/mol. The molecule has 1 aromatic carbocycles. The van der Waals surface area contributed by atoms with Crippen molar-refractivity contribution >= 4 is 27.8 Å². The molecule has 80 valence electrons. The minimum Gasteiger partial charge on any atom is -0.384 e. The second-order valence-corrected chi connectivity index (χ2v) is 4.27. The molecule has 0 saturated carbocycles. The van der Waals surface area contributed by atoms with Gasteiger partial charge in [-0.3, -0.25) is 5.41 Å². The molecule has 0 spiro atoms. The van der Waals surface area contributed by atoms with Crippen LogP contribution in [0.2, 0.25) is 5.02 Å². The van der Waals surface area contributed by atoms with E-state index in [0.717, 1.165) is 0 Å². The van der Waals surface area contributed by atoms with Gasteiger partial charge in [-0.05, 0) is 12.1 Å². The topological polar surface area (TPSA) is 102 Å². The first-order valence-corrected chi connectivity index (χ1v) is 5.42. The zero-order chi connectivity index (χ0) is 11.2. The second-order valence-electron chi connectivity index (χ2n) is 2.74. The molecule has 0 radical (unpaired) electrons. The van der Waals surface area contributed by atoms with E-state index in [1.165, 1.54) is 12.1 Å². The van der Waals surface area contributed by atoms with E-state index in [1.54, 1.807) is 0 Å². The van der Waals surface area contributed by atoms with Gasteiger partial charge in [0, 0.05) is 5.56 Å². The third kappa shape index (κ3) is 1.59. The van der Waals surface area contributed by atoms with Crippen LogP contribution >= 0.6 is 11.6 Å². The molecule has 1 heterocycles. The molecule has 1 aliphatic heterocycles. The van der Waals surface area contributed by atoms with Crippen LogP contribution < -0.4 is 14.1 Å². The molecule has 2 rings (SSSR count). The Morgan fingerprint density at radius 3 is 2.67 bits per heavy atom. The molecule has 0 aliphatic carbocycles. The van der Waals surface area contributed by atoms with Crippen molar-refractivity contribution in [3.05, 3.63) is 22.7 Å². The van der Waals surface area contributed by atoms with Gasteiger partial charge in [-0.1, -0.05) is 11.6 Å².